The van der Waals surface area contributed by atoms with Gasteiger partial charge in [0, 0.05) is 0 Å². The molecule has 0 aliphatic heterocycles. The molecular weight excluding hydrogens is 232 g/mol. The van der Waals surface area contributed by atoms with Gasteiger partial charge in [-0.2, -0.15) is 23.7 Å². The number of nitrogens with two attached hydrogens (primary N) is 2. The minimum Gasteiger partial charge on any atom is -0.370 e. The van der Waals surface area contributed by atoms with Crippen LogP contribution < -0.4 is 16.5 Å². The molecule has 5 N–H and O–H groups in total. The molecule has 0 unspecified atom stereocenters. The van der Waals surface area contributed by atoms with Crippen LogP contribution in [0.1, 0.15) is 0 Å². The molecule has 0 saturated heterocycles. The monoisotopic (exact) mass is 243 g/mol. The summed E-state index contributed by atoms with van der Waals surface area (Å²) in [5, 5.41) is 7.96. The Morgan fingerprint density at radius 2 is 1.88 bits per heavy atom. The number of halogens is 2. The Morgan fingerprint density at radius 3 is 2.35 bits per heavy atom. The average molecular weight is 243 g/mol. The maximum absolute atomic E-state index is 12.2. The van der Waals surface area contributed by atoms with Crippen molar-refractivity contribution in [1.82, 2.24) is 0 Å². The van der Waals surface area contributed by atoms with Gasteiger partial charge in [-0.25, -0.2) is 0 Å². The van der Waals surface area contributed by atoms with Crippen LogP contribution in [0.25, 0.3) is 0 Å². The van der Waals surface area contributed by atoms with Gasteiger partial charge in [0.15, 0.2) is 5.96 Å². The molecule has 0 saturated carbocycles. The summed E-state index contributed by atoms with van der Waals surface area (Å²) in [7, 11) is 0. The molecule has 0 aliphatic carbocycles. The molecule has 0 fully saturated rings. The molecule has 0 atom stereocenters. The van der Waals surface area contributed by atoms with Crippen molar-refractivity contribution in [2.75, 3.05) is 5.06 Å². The fourth-order valence-corrected chi connectivity index (χ4v) is 1.04. The normalized spacial score (nSPS) is 10.1. The molecule has 0 bridgehead atoms. The lowest BCUT2D eigenvalue weighted by Crippen LogP contribution is -2.34. The number of nitrogens with zero attached hydrogens (tertiary/aromatic N) is 2. The quantitative estimate of drug-likeness (QED) is 0.416. The highest BCUT2D eigenvalue weighted by molar-refractivity contribution is 5.99. The van der Waals surface area contributed by atoms with Crippen LogP contribution in [0.4, 0.5) is 14.5 Å². The van der Waals surface area contributed by atoms with Crippen molar-refractivity contribution in [3.05, 3.63) is 30.3 Å². The Morgan fingerprint density at radius 1 is 1.29 bits per heavy atom. The van der Waals surface area contributed by atoms with Gasteiger partial charge in [-0.1, -0.05) is 18.2 Å². The lowest BCUT2D eigenvalue weighted by Gasteiger charge is -2.20. The minimum absolute atomic E-state index is 0.211. The number of rotatable bonds is 3. The third-order valence-corrected chi connectivity index (χ3v) is 1.60. The first kappa shape index (κ1) is 12.8. The highest BCUT2D eigenvalue weighted by Gasteiger charge is 2.17. The SMILES string of the molecule is N=C(N=C(N)N)N(OC(F)F)c1ccccc1. The Hall–Kier alpha value is -2.22. The van der Waals surface area contributed by atoms with Crippen LogP contribution in [0.3, 0.4) is 0 Å². The van der Waals surface area contributed by atoms with Crippen LogP contribution in [0, 0.1) is 5.41 Å². The molecule has 0 radical (unpaired) electrons. The number of hydrogen-bond donors (Lipinski definition) is 3. The van der Waals surface area contributed by atoms with E-state index < -0.39 is 18.5 Å². The Kier molecular flexibility index (Phi) is 4.35. The number of guanidine groups is 2. The third-order valence-electron chi connectivity index (χ3n) is 1.60. The summed E-state index contributed by atoms with van der Waals surface area (Å²) in [6, 6.07) is 7.83. The zero-order valence-electron chi connectivity index (χ0n) is 8.68. The van der Waals surface area contributed by atoms with E-state index in [-0.39, 0.29) is 5.69 Å². The summed E-state index contributed by atoms with van der Waals surface area (Å²) >= 11 is 0. The highest BCUT2D eigenvalue weighted by atomic mass is 19.3. The van der Waals surface area contributed by atoms with E-state index in [2.05, 4.69) is 9.83 Å². The van der Waals surface area contributed by atoms with E-state index >= 15 is 0 Å². The van der Waals surface area contributed by atoms with Crippen molar-refractivity contribution in [2.24, 2.45) is 16.5 Å². The van der Waals surface area contributed by atoms with Crippen LogP contribution >= 0.6 is 0 Å². The molecule has 8 heteroatoms. The first-order valence-electron chi connectivity index (χ1n) is 4.49. The van der Waals surface area contributed by atoms with Crippen LogP contribution in [0.2, 0.25) is 0 Å². The van der Waals surface area contributed by atoms with E-state index in [4.69, 9.17) is 16.9 Å². The number of alkyl halides is 2. The number of anilines is 1. The van der Waals surface area contributed by atoms with Crippen molar-refractivity contribution in [3.63, 3.8) is 0 Å². The molecule has 1 aromatic carbocycles. The molecule has 6 nitrogen and oxygen atoms in total. The van der Waals surface area contributed by atoms with Gasteiger partial charge in [0.1, 0.15) is 0 Å². The molecule has 1 aromatic rings. The number of benzene rings is 1. The Labute approximate surface area is 95.9 Å². The van der Waals surface area contributed by atoms with E-state index in [1.165, 1.54) is 12.1 Å². The zero-order valence-corrected chi connectivity index (χ0v) is 8.68. The molecule has 17 heavy (non-hydrogen) atoms. The van der Waals surface area contributed by atoms with Crippen LogP contribution in [-0.4, -0.2) is 18.5 Å². The summed E-state index contributed by atoms with van der Waals surface area (Å²) < 4.78 is 24.4. The van der Waals surface area contributed by atoms with Gasteiger partial charge in [0.05, 0.1) is 5.69 Å². The van der Waals surface area contributed by atoms with Crippen LogP contribution in [0.15, 0.2) is 35.3 Å². The largest absolute Gasteiger partial charge is 0.370 e. The average Bonchev–Trinajstić information content (AvgIpc) is 2.25. The van der Waals surface area contributed by atoms with Gasteiger partial charge in [-0.3, -0.25) is 5.41 Å². The second-order valence-electron chi connectivity index (χ2n) is 2.86. The summed E-state index contributed by atoms with van der Waals surface area (Å²) in [6.45, 7) is -3.09. The lowest BCUT2D eigenvalue weighted by atomic mass is 10.3. The van der Waals surface area contributed by atoms with Gasteiger partial charge in [0.2, 0.25) is 0 Å². The van der Waals surface area contributed by atoms with Gasteiger partial charge >= 0.3 is 6.61 Å². The van der Waals surface area contributed by atoms with Crippen LogP contribution in [-0.2, 0) is 4.84 Å². The summed E-state index contributed by atoms with van der Waals surface area (Å²) in [5.74, 6) is -1.06. The standard InChI is InChI=1S/C9H11F2N5O/c10-7(11)17-16(9(14)15-8(12)13)6-4-2-1-3-5-6/h1-5,7H,(H5,12,13,14,15). The van der Waals surface area contributed by atoms with Crippen LogP contribution in [0.5, 0.6) is 0 Å². The maximum atomic E-state index is 12.2. The number of para-hydroxylation sites is 1. The van der Waals surface area contributed by atoms with Crippen molar-refractivity contribution >= 4 is 17.6 Å². The van der Waals surface area contributed by atoms with Gasteiger partial charge in [-0.15, -0.1) is 0 Å². The summed E-state index contributed by atoms with van der Waals surface area (Å²) in [6.07, 6.45) is 0. The van der Waals surface area contributed by atoms with E-state index in [0.29, 0.717) is 5.06 Å². The first-order chi connectivity index (χ1) is 8.00. The molecule has 0 heterocycles. The Bertz CT molecular complexity index is 405. The number of hydroxylamine groups is 1. The van der Waals surface area contributed by atoms with Crippen molar-refractivity contribution in [1.29, 1.82) is 5.41 Å². The highest BCUT2D eigenvalue weighted by Crippen LogP contribution is 2.16. The second kappa shape index (κ2) is 5.75. The second-order valence-corrected chi connectivity index (χ2v) is 2.86. The topological polar surface area (TPSA) is 101 Å². The fourth-order valence-electron chi connectivity index (χ4n) is 1.04. The number of nitrogens with one attached hydrogen (secondary N) is 1. The maximum Gasteiger partial charge on any atom is 0.365 e. The van der Waals surface area contributed by atoms with Crippen molar-refractivity contribution in [2.45, 2.75) is 6.61 Å². The van der Waals surface area contributed by atoms with E-state index in [0.717, 1.165) is 0 Å². The van der Waals surface area contributed by atoms with Crippen molar-refractivity contribution in [3.8, 4) is 0 Å². The Balaban J connectivity index is 2.96. The minimum atomic E-state index is -3.09. The van der Waals surface area contributed by atoms with Gasteiger partial charge in [0.25, 0.3) is 5.96 Å². The molecule has 0 spiro atoms. The molecule has 0 aromatic heterocycles. The van der Waals surface area contributed by atoms with E-state index in [1.807, 2.05) is 0 Å². The molecule has 0 aliphatic rings. The summed E-state index contributed by atoms with van der Waals surface area (Å²) in [5.41, 5.74) is 10.3. The third kappa shape index (κ3) is 4.03. The predicted molar refractivity (Wildman–Crippen MR) is 59.5 cm³/mol. The molecule has 0 amide bonds. The van der Waals surface area contributed by atoms with Crippen molar-refractivity contribution < 1.29 is 13.6 Å². The van der Waals surface area contributed by atoms with Gasteiger partial charge < -0.3 is 11.5 Å². The lowest BCUT2D eigenvalue weighted by molar-refractivity contribution is -0.127. The molecule has 92 valence electrons. The number of hydrogen-bond acceptors (Lipinski definition) is 2. The first-order valence-corrected chi connectivity index (χ1v) is 4.49. The smallest absolute Gasteiger partial charge is 0.365 e. The van der Waals surface area contributed by atoms with E-state index in [9.17, 15) is 8.78 Å². The van der Waals surface area contributed by atoms with E-state index in [1.54, 1.807) is 18.2 Å². The zero-order chi connectivity index (χ0) is 12.8. The summed E-state index contributed by atoms with van der Waals surface area (Å²) in [4.78, 5) is 7.49. The molecule has 1 rings (SSSR count). The fraction of sp³-hybridized carbons (Fsp3) is 0.111. The predicted octanol–water partition coefficient (Wildman–Crippen LogP) is 0.855. The van der Waals surface area contributed by atoms with Gasteiger partial charge in [-0.05, 0) is 12.1 Å². The molecular formula is C9H11F2N5O. The number of aliphatic imine (C=N–C) groups is 1.